The molecule has 1 atom stereocenters. The predicted octanol–water partition coefficient (Wildman–Crippen LogP) is 1.20. The Balaban J connectivity index is 2.53. The molecule has 1 aliphatic heterocycles. The van der Waals surface area contributed by atoms with Gasteiger partial charge in [0.15, 0.2) is 0 Å². The Bertz CT molecular complexity index is 327. The monoisotopic (exact) mass is 289 g/mol. The van der Waals surface area contributed by atoms with Crippen LogP contribution in [-0.2, 0) is 9.59 Å². The van der Waals surface area contributed by atoms with Crippen LogP contribution < -0.4 is 0 Å². The third-order valence-electron chi connectivity index (χ3n) is 4.04. The third-order valence-corrected chi connectivity index (χ3v) is 4.69. The first kappa shape index (κ1) is 16.3. The van der Waals surface area contributed by atoms with Crippen LogP contribution in [0.4, 0.5) is 0 Å². The second-order valence-electron chi connectivity index (χ2n) is 5.06. The summed E-state index contributed by atoms with van der Waals surface area (Å²) in [5, 5.41) is 19.1. The van der Waals surface area contributed by atoms with E-state index in [0.717, 1.165) is 5.75 Å². The molecule has 6 heteroatoms. The quantitative estimate of drug-likeness (QED) is 0.768. The summed E-state index contributed by atoms with van der Waals surface area (Å²) >= 11 is 1.59. The van der Waals surface area contributed by atoms with Gasteiger partial charge in [-0.3, -0.25) is 9.59 Å². The van der Waals surface area contributed by atoms with E-state index in [0.29, 0.717) is 38.8 Å². The van der Waals surface area contributed by atoms with Crippen molar-refractivity contribution in [2.75, 3.05) is 25.1 Å². The van der Waals surface area contributed by atoms with E-state index in [1.54, 1.807) is 16.7 Å². The highest BCUT2D eigenvalue weighted by molar-refractivity contribution is 7.98. The van der Waals surface area contributed by atoms with Crippen LogP contribution in [0.3, 0.4) is 0 Å². The van der Waals surface area contributed by atoms with Crippen molar-refractivity contribution in [1.29, 1.82) is 0 Å². The van der Waals surface area contributed by atoms with Crippen molar-refractivity contribution < 1.29 is 19.8 Å². The van der Waals surface area contributed by atoms with Crippen LogP contribution in [0.25, 0.3) is 0 Å². The van der Waals surface area contributed by atoms with Gasteiger partial charge in [-0.15, -0.1) is 0 Å². The Morgan fingerprint density at radius 2 is 1.95 bits per heavy atom. The molecule has 0 spiro atoms. The van der Waals surface area contributed by atoms with Gasteiger partial charge in [-0.2, -0.15) is 11.8 Å². The molecule has 1 amide bonds. The summed E-state index contributed by atoms with van der Waals surface area (Å²) in [4.78, 5) is 24.9. The minimum absolute atomic E-state index is 0.260. The van der Waals surface area contributed by atoms with E-state index < -0.39 is 17.5 Å². The number of likely N-dealkylation sites (tertiary alicyclic amines) is 1. The van der Waals surface area contributed by atoms with Gasteiger partial charge in [0.05, 0.1) is 5.41 Å². The zero-order chi connectivity index (χ0) is 14.5. The van der Waals surface area contributed by atoms with E-state index in [2.05, 4.69) is 0 Å². The van der Waals surface area contributed by atoms with Gasteiger partial charge < -0.3 is 15.1 Å². The van der Waals surface area contributed by atoms with Gasteiger partial charge in [0, 0.05) is 13.1 Å². The van der Waals surface area contributed by atoms with Gasteiger partial charge in [-0.05, 0) is 37.7 Å². The highest BCUT2D eigenvalue weighted by Gasteiger charge is 2.41. The number of hydrogen-bond donors (Lipinski definition) is 2. The summed E-state index contributed by atoms with van der Waals surface area (Å²) < 4.78 is 0. The summed E-state index contributed by atoms with van der Waals surface area (Å²) in [6, 6.07) is 0. The number of nitrogens with zero attached hydrogens (tertiary/aromatic N) is 1. The molecule has 1 saturated heterocycles. The standard InChI is InChI=1S/C13H23NO4S/c1-3-13(12(17)18)5-7-14(8-6-13)11(16)10(15)4-9-19-2/h10,15H,3-9H2,1-2H3,(H,17,18)/t10-/m0/s1. The van der Waals surface area contributed by atoms with Crippen LogP contribution in [0.5, 0.6) is 0 Å². The Kier molecular flexibility index (Phi) is 6.13. The first-order valence-corrected chi connectivity index (χ1v) is 8.05. The zero-order valence-corrected chi connectivity index (χ0v) is 12.4. The highest BCUT2D eigenvalue weighted by atomic mass is 32.2. The number of carboxylic acids is 1. The Labute approximate surface area is 118 Å². The average molecular weight is 289 g/mol. The normalized spacial score (nSPS) is 20.1. The van der Waals surface area contributed by atoms with Crippen molar-refractivity contribution >= 4 is 23.6 Å². The van der Waals surface area contributed by atoms with Crippen LogP contribution >= 0.6 is 11.8 Å². The summed E-state index contributed by atoms with van der Waals surface area (Å²) in [5.41, 5.74) is -0.693. The topological polar surface area (TPSA) is 77.8 Å². The fourth-order valence-electron chi connectivity index (χ4n) is 2.44. The lowest BCUT2D eigenvalue weighted by atomic mass is 9.76. The minimum atomic E-state index is -0.952. The predicted molar refractivity (Wildman–Crippen MR) is 75.2 cm³/mol. The fourth-order valence-corrected chi connectivity index (χ4v) is 2.90. The van der Waals surface area contributed by atoms with Crippen molar-refractivity contribution in [2.45, 2.75) is 38.7 Å². The van der Waals surface area contributed by atoms with Gasteiger partial charge in [-0.25, -0.2) is 0 Å². The average Bonchev–Trinajstić information content (AvgIpc) is 2.43. The van der Waals surface area contributed by atoms with Crippen molar-refractivity contribution in [1.82, 2.24) is 4.90 Å². The minimum Gasteiger partial charge on any atom is -0.481 e. The van der Waals surface area contributed by atoms with E-state index >= 15 is 0 Å². The van der Waals surface area contributed by atoms with Gasteiger partial charge in [0.2, 0.25) is 0 Å². The maximum absolute atomic E-state index is 12.0. The van der Waals surface area contributed by atoms with Gasteiger partial charge in [0.25, 0.3) is 5.91 Å². The molecule has 0 unspecified atom stereocenters. The third kappa shape index (κ3) is 3.86. The van der Waals surface area contributed by atoms with Crippen molar-refractivity contribution in [2.24, 2.45) is 5.41 Å². The first-order valence-electron chi connectivity index (χ1n) is 6.66. The molecule has 1 aliphatic rings. The number of aliphatic carboxylic acids is 1. The van der Waals surface area contributed by atoms with Crippen molar-refractivity contribution in [3.63, 3.8) is 0 Å². The lowest BCUT2D eigenvalue weighted by Crippen LogP contribution is -2.49. The number of carbonyl (C=O) groups excluding carboxylic acids is 1. The van der Waals surface area contributed by atoms with E-state index in [1.807, 2.05) is 13.2 Å². The number of hydrogen-bond acceptors (Lipinski definition) is 4. The Morgan fingerprint density at radius 3 is 2.37 bits per heavy atom. The lowest BCUT2D eigenvalue weighted by molar-refractivity contribution is -0.156. The Hall–Kier alpha value is -0.750. The number of thioether (sulfide) groups is 1. The zero-order valence-electron chi connectivity index (χ0n) is 11.6. The molecule has 0 aromatic heterocycles. The molecule has 1 heterocycles. The smallest absolute Gasteiger partial charge is 0.309 e. The largest absolute Gasteiger partial charge is 0.481 e. The maximum Gasteiger partial charge on any atom is 0.309 e. The molecule has 5 nitrogen and oxygen atoms in total. The molecule has 0 bridgehead atoms. The van der Waals surface area contributed by atoms with Crippen LogP contribution in [-0.4, -0.2) is 58.2 Å². The van der Waals surface area contributed by atoms with Crippen LogP contribution in [0, 0.1) is 5.41 Å². The Morgan fingerprint density at radius 1 is 1.37 bits per heavy atom. The number of aliphatic hydroxyl groups excluding tert-OH is 1. The summed E-state index contributed by atoms with van der Waals surface area (Å²) in [6.45, 7) is 2.73. The molecule has 1 fully saturated rings. The molecular formula is C13H23NO4S. The highest BCUT2D eigenvalue weighted by Crippen LogP contribution is 2.35. The molecule has 0 aromatic carbocycles. The van der Waals surface area contributed by atoms with Crippen molar-refractivity contribution in [3.8, 4) is 0 Å². The van der Waals surface area contributed by atoms with E-state index in [-0.39, 0.29) is 5.91 Å². The van der Waals surface area contributed by atoms with Gasteiger partial charge >= 0.3 is 5.97 Å². The van der Waals surface area contributed by atoms with Gasteiger partial charge in [-0.1, -0.05) is 6.92 Å². The van der Waals surface area contributed by atoms with E-state index in [1.165, 1.54) is 0 Å². The number of aliphatic hydroxyl groups is 1. The number of carboxylic acid groups (broad SMARTS) is 1. The summed E-state index contributed by atoms with van der Waals surface area (Å²) in [6.07, 6.45) is 2.96. The molecule has 2 N–H and O–H groups in total. The van der Waals surface area contributed by atoms with E-state index in [9.17, 15) is 19.8 Å². The second kappa shape index (κ2) is 7.14. The number of piperidine rings is 1. The SMILES string of the molecule is CCC1(C(=O)O)CCN(C(=O)[C@@H](O)CCSC)CC1. The molecular weight excluding hydrogens is 266 g/mol. The maximum atomic E-state index is 12.0. The van der Waals surface area contributed by atoms with Crippen LogP contribution in [0.15, 0.2) is 0 Å². The molecule has 0 radical (unpaired) electrons. The number of rotatable bonds is 6. The molecule has 1 rings (SSSR count). The molecule has 0 aliphatic carbocycles. The molecule has 0 saturated carbocycles. The van der Waals surface area contributed by atoms with Gasteiger partial charge in [0.1, 0.15) is 6.10 Å². The van der Waals surface area contributed by atoms with Crippen molar-refractivity contribution in [3.05, 3.63) is 0 Å². The lowest BCUT2D eigenvalue weighted by Gasteiger charge is -2.39. The van der Waals surface area contributed by atoms with E-state index in [4.69, 9.17) is 0 Å². The summed E-state index contributed by atoms with van der Waals surface area (Å²) in [7, 11) is 0. The van der Waals surface area contributed by atoms with Crippen LogP contribution in [0.1, 0.15) is 32.6 Å². The second-order valence-corrected chi connectivity index (χ2v) is 6.05. The number of amides is 1. The number of carbonyl (C=O) groups is 2. The molecule has 19 heavy (non-hydrogen) atoms. The molecule has 0 aromatic rings. The fraction of sp³-hybridized carbons (Fsp3) is 0.846. The first-order chi connectivity index (χ1) is 8.96. The molecule has 110 valence electrons. The summed E-state index contributed by atoms with van der Waals surface area (Å²) in [5.74, 6) is -0.288. The van der Waals surface area contributed by atoms with Crippen LogP contribution in [0.2, 0.25) is 0 Å².